The monoisotopic (exact) mass is 347 g/mol. The highest BCUT2D eigenvalue weighted by Gasteiger charge is 2.49. The number of carbonyl (C=O) groups excluding carboxylic acids is 1. The Morgan fingerprint density at radius 3 is 3.04 bits per heavy atom. The van der Waals surface area contributed by atoms with Gasteiger partial charge in [-0.1, -0.05) is 12.8 Å². The summed E-state index contributed by atoms with van der Waals surface area (Å²) in [5.74, 6) is 0.424. The molecular formula is C15H20F3N3OS. The molecule has 0 aromatic carbocycles. The fourth-order valence-electron chi connectivity index (χ4n) is 3.71. The summed E-state index contributed by atoms with van der Waals surface area (Å²) in [6.45, 7) is 1.92. The van der Waals surface area contributed by atoms with Crippen molar-refractivity contribution < 1.29 is 18.0 Å². The molecule has 1 aromatic heterocycles. The topological polar surface area (TPSA) is 54.0 Å². The number of fused-ring (bicyclic) bond motifs is 1. The van der Waals surface area contributed by atoms with Gasteiger partial charge in [0.1, 0.15) is 0 Å². The number of carbonyl (C=O) groups is 1. The standard InChI is InChI=1S/C15H20F3N3OS/c16-15(17,18)11-8-23-12(21-11)4-6-20-13(22)14-5-2-1-3-10(14)7-19-9-14/h8,10,19H,1-7,9H2,(H,20,22)/t10-,14+/m0/s1. The number of hydrogen-bond acceptors (Lipinski definition) is 4. The van der Waals surface area contributed by atoms with E-state index in [1.165, 1.54) is 6.42 Å². The summed E-state index contributed by atoms with van der Waals surface area (Å²) in [5.41, 5.74) is -1.17. The van der Waals surface area contributed by atoms with E-state index < -0.39 is 11.9 Å². The average molecular weight is 347 g/mol. The van der Waals surface area contributed by atoms with Crippen molar-refractivity contribution >= 4 is 17.2 Å². The number of hydrogen-bond donors (Lipinski definition) is 2. The quantitative estimate of drug-likeness (QED) is 0.880. The van der Waals surface area contributed by atoms with E-state index in [0.29, 0.717) is 30.4 Å². The first-order valence-corrected chi connectivity index (χ1v) is 8.80. The molecule has 1 aromatic rings. The number of nitrogens with one attached hydrogen (secondary N) is 2. The minimum absolute atomic E-state index is 0.0415. The first-order chi connectivity index (χ1) is 10.9. The molecule has 8 heteroatoms. The Bertz CT molecular complexity index is 575. The van der Waals surface area contributed by atoms with Crippen LogP contribution >= 0.6 is 11.3 Å². The maximum Gasteiger partial charge on any atom is 0.434 e. The fourth-order valence-corrected chi connectivity index (χ4v) is 4.51. The molecule has 1 saturated carbocycles. The van der Waals surface area contributed by atoms with Gasteiger partial charge in [0.15, 0.2) is 5.69 Å². The van der Waals surface area contributed by atoms with Crippen molar-refractivity contribution in [1.29, 1.82) is 0 Å². The van der Waals surface area contributed by atoms with Gasteiger partial charge in [0.25, 0.3) is 0 Å². The van der Waals surface area contributed by atoms with Crippen LogP contribution in [0.4, 0.5) is 13.2 Å². The third-order valence-electron chi connectivity index (χ3n) is 4.96. The van der Waals surface area contributed by atoms with Crippen molar-refractivity contribution in [2.75, 3.05) is 19.6 Å². The van der Waals surface area contributed by atoms with Gasteiger partial charge in [-0.2, -0.15) is 13.2 Å². The van der Waals surface area contributed by atoms with Crippen LogP contribution in [0.1, 0.15) is 36.4 Å². The van der Waals surface area contributed by atoms with E-state index >= 15 is 0 Å². The number of thiazole rings is 1. The lowest BCUT2D eigenvalue weighted by atomic mass is 9.67. The van der Waals surface area contributed by atoms with Crippen LogP contribution in [-0.4, -0.2) is 30.5 Å². The Hall–Kier alpha value is -1.15. The van der Waals surface area contributed by atoms with E-state index in [9.17, 15) is 18.0 Å². The van der Waals surface area contributed by atoms with Gasteiger partial charge in [-0.3, -0.25) is 4.79 Å². The number of nitrogens with zero attached hydrogens (tertiary/aromatic N) is 1. The van der Waals surface area contributed by atoms with Crippen molar-refractivity contribution in [3.8, 4) is 0 Å². The molecule has 2 N–H and O–H groups in total. The van der Waals surface area contributed by atoms with E-state index in [0.717, 1.165) is 42.5 Å². The molecular weight excluding hydrogens is 327 g/mol. The Balaban J connectivity index is 1.54. The molecule has 3 rings (SSSR count). The molecule has 2 heterocycles. The van der Waals surface area contributed by atoms with Crippen LogP contribution in [0.5, 0.6) is 0 Å². The van der Waals surface area contributed by atoms with E-state index in [4.69, 9.17) is 0 Å². The number of amides is 1. The van der Waals surface area contributed by atoms with Gasteiger partial charge in [0.05, 0.1) is 10.4 Å². The lowest BCUT2D eigenvalue weighted by Crippen LogP contribution is -2.48. The van der Waals surface area contributed by atoms with Crippen LogP contribution in [0.2, 0.25) is 0 Å². The molecule has 1 aliphatic heterocycles. The summed E-state index contributed by atoms with van der Waals surface area (Å²) < 4.78 is 37.5. The van der Waals surface area contributed by atoms with Gasteiger partial charge < -0.3 is 10.6 Å². The van der Waals surface area contributed by atoms with Gasteiger partial charge in [-0.25, -0.2) is 4.98 Å². The lowest BCUT2D eigenvalue weighted by Gasteiger charge is -2.37. The van der Waals surface area contributed by atoms with Crippen LogP contribution in [-0.2, 0) is 17.4 Å². The highest BCUT2D eigenvalue weighted by Crippen LogP contribution is 2.43. The first-order valence-electron chi connectivity index (χ1n) is 7.92. The van der Waals surface area contributed by atoms with Gasteiger partial charge in [0, 0.05) is 24.9 Å². The zero-order valence-electron chi connectivity index (χ0n) is 12.7. The molecule has 0 spiro atoms. The fraction of sp³-hybridized carbons (Fsp3) is 0.733. The van der Waals surface area contributed by atoms with E-state index in [2.05, 4.69) is 15.6 Å². The van der Waals surface area contributed by atoms with Crippen LogP contribution in [0, 0.1) is 11.3 Å². The summed E-state index contributed by atoms with van der Waals surface area (Å²) in [4.78, 5) is 16.2. The molecule has 0 bridgehead atoms. The first kappa shape index (κ1) is 16.7. The second kappa shape index (κ2) is 6.39. The minimum atomic E-state index is -4.40. The number of aromatic nitrogens is 1. The molecule has 128 valence electrons. The smallest absolute Gasteiger partial charge is 0.355 e. The summed E-state index contributed by atoms with van der Waals surface area (Å²) in [5, 5.41) is 7.66. The van der Waals surface area contributed by atoms with Crippen LogP contribution in [0.3, 0.4) is 0 Å². The summed E-state index contributed by atoms with van der Waals surface area (Å²) >= 11 is 0.987. The lowest BCUT2D eigenvalue weighted by molar-refractivity contribution is -0.140. The zero-order chi connectivity index (χ0) is 16.5. The number of halogens is 3. The molecule has 1 aliphatic carbocycles. The summed E-state index contributed by atoms with van der Waals surface area (Å²) in [7, 11) is 0. The largest absolute Gasteiger partial charge is 0.434 e. The van der Waals surface area contributed by atoms with Crippen molar-refractivity contribution in [2.45, 2.75) is 38.3 Å². The van der Waals surface area contributed by atoms with E-state index in [1.807, 2.05) is 0 Å². The SMILES string of the molecule is O=C(NCCc1nc(C(F)(F)F)cs1)[C@@]12CCCC[C@H]1CNC2. The Labute approximate surface area is 136 Å². The zero-order valence-corrected chi connectivity index (χ0v) is 13.5. The molecule has 2 aliphatic rings. The highest BCUT2D eigenvalue weighted by atomic mass is 32.1. The van der Waals surface area contributed by atoms with Crippen molar-refractivity contribution in [1.82, 2.24) is 15.6 Å². The third-order valence-corrected chi connectivity index (χ3v) is 5.87. The van der Waals surface area contributed by atoms with Crippen molar-refractivity contribution in [3.05, 3.63) is 16.1 Å². The summed E-state index contributed by atoms with van der Waals surface area (Å²) in [6, 6.07) is 0. The van der Waals surface area contributed by atoms with Gasteiger partial charge in [-0.15, -0.1) is 11.3 Å². The molecule has 23 heavy (non-hydrogen) atoms. The van der Waals surface area contributed by atoms with Gasteiger partial charge >= 0.3 is 6.18 Å². The Morgan fingerprint density at radius 1 is 1.48 bits per heavy atom. The minimum Gasteiger partial charge on any atom is -0.355 e. The van der Waals surface area contributed by atoms with Crippen molar-refractivity contribution in [2.24, 2.45) is 11.3 Å². The van der Waals surface area contributed by atoms with Crippen molar-refractivity contribution in [3.63, 3.8) is 0 Å². The van der Waals surface area contributed by atoms with Crippen LogP contribution < -0.4 is 10.6 Å². The molecule has 2 fully saturated rings. The maximum atomic E-state index is 12.6. The van der Waals surface area contributed by atoms with Gasteiger partial charge in [0.2, 0.25) is 5.91 Å². The molecule has 1 saturated heterocycles. The van der Waals surface area contributed by atoms with Gasteiger partial charge in [-0.05, 0) is 25.3 Å². The van der Waals surface area contributed by atoms with E-state index in [1.54, 1.807) is 0 Å². The molecule has 0 unspecified atom stereocenters. The summed E-state index contributed by atoms with van der Waals surface area (Å²) in [6.07, 6.45) is 0.129. The number of alkyl halides is 3. The molecule has 0 radical (unpaired) electrons. The molecule has 1 amide bonds. The normalized spacial score (nSPS) is 27.7. The highest BCUT2D eigenvalue weighted by molar-refractivity contribution is 7.09. The van der Waals surface area contributed by atoms with Crippen LogP contribution in [0.25, 0.3) is 0 Å². The second-order valence-electron chi connectivity index (χ2n) is 6.36. The van der Waals surface area contributed by atoms with E-state index in [-0.39, 0.29) is 11.3 Å². The maximum absolute atomic E-state index is 12.6. The number of rotatable bonds is 4. The average Bonchev–Trinajstić information content (AvgIpc) is 3.13. The third kappa shape index (κ3) is 3.38. The van der Waals surface area contributed by atoms with Crippen LogP contribution in [0.15, 0.2) is 5.38 Å². The predicted molar refractivity (Wildman–Crippen MR) is 81.1 cm³/mol. The Morgan fingerprint density at radius 2 is 2.30 bits per heavy atom. The second-order valence-corrected chi connectivity index (χ2v) is 7.30. The molecule has 4 nitrogen and oxygen atoms in total. The Kier molecular flexibility index (Phi) is 4.64. The predicted octanol–water partition coefficient (Wildman–Crippen LogP) is 2.60. The molecule has 2 atom stereocenters.